The number of carbonyl (C=O) groups excluding carboxylic acids is 1. The lowest BCUT2D eigenvalue weighted by molar-refractivity contribution is -0.943. The first-order valence-corrected chi connectivity index (χ1v) is 14.0. The SMILES string of the molecule is O=C(OC1C[N+]2(CCSc3cccc(Cl)c3)CCC1CC2)N(Cc1ccc(F)cc1)c1ccccc1F. The molecule has 4 nitrogen and oxygen atoms in total. The van der Waals surface area contributed by atoms with Gasteiger partial charge in [-0.3, -0.25) is 4.90 Å². The second-order valence-corrected chi connectivity index (χ2v) is 11.5. The number of piperidine rings is 3. The molecule has 3 aromatic carbocycles. The molecule has 1 unspecified atom stereocenters. The number of para-hydroxylation sites is 1. The number of hydrogen-bond donors (Lipinski definition) is 0. The molecular weight excluding hydrogens is 514 g/mol. The van der Waals surface area contributed by atoms with Gasteiger partial charge in [-0.05, 0) is 48.0 Å². The van der Waals surface area contributed by atoms with Gasteiger partial charge in [-0.2, -0.15) is 0 Å². The third-order valence-electron chi connectivity index (χ3n) is 7.54. The molecule has 3 fully saturated rings. The Morgan fingerprint density at radius 2 is 1.78 bits per heavy atom. The Hall–Kier alpha value is -2.61. The van der Waals surface area contributed by atoms with Crippen LogP contribution in [0.1, 0.15) is 18.4 Å². The van der Waals surface area contributed by atoms with Crippen molar-refractivity contribution in [2.75, 3.05) is 36.8 Å². The molecule has 0 spiro atoms. The van der Waals surface area contributed by atoms with Crippen LogP contribution in [0.5, 0.6) is 0 Å². The molecule has 3 heterocycles. The number of halogens is 3. The molecule has 3 aromatic rings. The molecule has 1 amide bonds. The van der Waals surface area contributed by atoms with E-state index in [0.717, 1.165) is 59.2 Å². The summed E-state index contributed by atoms with van der Waals surface area (Å²) in [5.74, 6) is 0.408. The van der Waals surface area contributed by atoms with Crippen LogP contribution in [0.2, 0.25) is 5.02 Å². The summed E-state index contributed by atoms with van der Waals surface area (Å²) in [5, 5.41) is 0.739. The smallest absolute Gasteiger partial charge is 0.415 e. The molecule has 0 aliphatic carbocycles. The monoisotopic (exact) mass is 543 g/mol. The molecule has 6 rings (SSSR count). The predicted octanol–water partition coefficient (Wildman–Crippen LogP) is 7.16. The summed E-state index contributed by atoms with van der Waals surface area (Å²) in [4.78, 5) is 16.0. The zero-order chi connectivity index (χ0) is 25.8. The minimum atomic E-state index is -0.570. The fraction of sp³-hybridized carbons (Fsp3) is 0.345. The second kappa shape index (κ2) is 11.4. The van der Waals surface area contributed by atoms with Crippen molar-refractivity contribution in [2.24, 2.45) is 5.92 Å². The molecule has 3 saturated heterocycles. The highest BCUT2D eigenvalue weighted by Gasteiger charge is 2.47. The number of amides is 1. The Morgan fingerprint density at radius 3 is 2.51 bits per heavy atom. The second-order valence-electron chi connectivity index (χ2n) is 9.92. The summed E-state index contributed by atoms with van der Waals surface area (Å²) in [7, 11) is 0. The molecule has 2 bridgehead atoms. The molecule has 0 aromatic heterocycles. The van der Waals surface area contributed by atoms with E-state index < -0.39 is 11.9 Å². The van der Waals surface area contributed by atoms with Gasteiger partial charge in [0, 0.05) is 34.4 Å². The Bertz CT molecular complexity index is 1230. The Morgan fingerprint density at radius 1 is 1.03 bits per heavy atom. The summed E-state index contributed by atoms with van der Waals surface area (Å²) >= 11 is 7.92. The number of quaternary nitrogens is 1. The number of benzene rings is 3. The average Bonchev–Trinajstić information content (AvgIpc) is 2.89. The van der Waals surface area contributed by atoms with Crippen molar-refractivity contribution >= 4 is 35.1 Å². The van der Waals surface area contributed by atoms with Crippen molar-refractivity contribution in [3.05, 3.63) is 95.0 Å². The van der Waals surface area contributed by atoms with Crippen LogP contribution in [0.25, 0.3) is 0 Å². The van der Waals surface area contributed by atoms with E-state index in [9.17, 15) is 13.6 Å². The van der Waals surface area contributed by atoms with Gasteiger partial charge in [0.15, 0.2) is 6.10 Å². The van der Waals surface area contributed by atoms with Crippen LogP contribution >= 0.6 is 23.4 Å². The van der Waals surface area contributed by atoms with Crippen LogP contribution in [-0.2, 0) is 11.3 Å². The number of nitrogens with zero attached hydrogens (tertiary/aromatic N) is 2. The fourth-order valence-corrected chi connectivity index (χ4v) is 6.82. The van der Waals surface area contributed by atoms with Crippen molar-refractivity contribution in [1.82, 2.24) is 0 Å². The van der Waals surface area contributed by atoms with Crippen molar-refractivity contribution in [3.63, 3.8) is 0 Å². The number of anilines is 1. The minimum absolute atomic E-state index is 0.0910. The van der Waals surface area contributed by atoms with Crippen LogP contribution in [0, 0.1) is 17.6 Å². The van der Waals surface area contributed by atoms with E-state index in [-0.39, 0.29) is 24.2 Å². The summed E-state index contributed by atoms with van der Waals surface area (Å²) in [6, 6.07) is 19.9. The van der Waals surface area contributed by atoms with Crippen molar-refractivity contribution in [2.45, 2.75) is 30.4 Å². The van der Waals surface area contributed by atoms with Crippen LogP contribution in [0.15, 0.2) is 77.7 Å². The van der Waals surface area contributed by atoms with Crippen LogP contribution < -0.4 is 4.90 Å². The lowest BCUT2D eigenvalue weighted by Crippen LogP contribution is -2.65. The highest BCUT2D eigenvalue weighted by atomic mass is 35.5. The highest BCUT2D eigenvalue weighted by Crippen LogP contribution is 2.37. The lowest BCUT2D eigenvalue weighted by atomic mass is 9.83. The van der Waals surface area contributed by atoms with E-state index in [0.29, 0.717) is 11.5 Å². The van der Waals surface area contributed by atoms with Gasteiger partial charge in [0.25, 0.3) is 0 Å². The lowest BCUT2D eigenvalue weighted by Gasteiger charge is -2.52. The summed E-state index contributed by atoms with van der Waals surface area (Å²) in [6.07, 6.45) is 1.24. The molecule has 37 heavy (non-hydrogen) atoms. The summed E-state index contributed by atoms with van der Waals surface area (Å²) < 4.78 is 35.2. The van der Waals surface area contributed by atoms with Gasteiger partial charge in [-0.1, -0.05) is 41.9 Å². The Kier molecular flexibility index (Phi) is 8.03. The van der Waals surface area contributed by atoms with Gasteiger partial charge in [0.2, 0.25) is 0 Å². The number of thioether (sulfide) groups is 1. The quantitative estimate of drug-likeness (QED) is 0.223. The van der Waals surface area contributed by atoms with Crippen molar-refractivity contribution < 1.29 is 22.8 Å². The number of hydrogen-bond acceptors (Lipinski definition) is 3. The van der Waals surface area contributed by atoms with Crippen molar-refractivity contribution in [3.8, 4) is 0 Å². The Balaban J connectivity index is 1.27. The Labute approximate surface area is 225 Å². The van der Waals surface area contributed by atoms with Gasteiger partial charge in [-0.15, -0.1) is 11.8 Å². The van der Waals surface area contributed by atoms with Crippen LogP contribution in [0.4, 0.5) is 19.3 Å². The number of fused-ring (bicyclic) bond motifs is 3. The van der Waals surface area contributed by atoms with E-state index in [4.69, 9.17) is 16.3 Å². The first-order valence-electron chi connectivity index (χ1n) is 12.6. The van der Waals surface area contributed by atoms with E-state index >= 15 is 0 Å². The van der Waals surface area contributed by atoms with E-state index in [1.54, 1.807) is 42.1 Å². The van der Waals surface area contributed by atoms with Gasteiger partial charge in [-0.25, -0.2) is 13.6 Å². The maximum atomic E-state index is 14.7. The first kappa shape index (κ1) is 26.0. The van der Waals surface area contributed by atoms with Gasteiger partial charge >= 0.3 is 6.09 Å². The van der Waals surface area contributed by atoms with Crippen molar-refractivity contribution in [1.29, 1.82) is 0 Å². The third kappa shape index (κ3) is 6.28. The molecule has 0 N–H and O–H groups in total. The maximum absolute atomic E-state index is 14.7. The fourth-order valence-electron chi connectivity index (χ4n) is 5.47. The first-order chi connectivity index (χ1) is 17.9. The molecule has 8 heteroatoms. The predicted molar refractivity (Wildman–Crippen MR) is 144 cm³/mol. The molecule has 1 atom stereocenters. The van der Waals surface area contributed by atoms with Crippen LogP contribution in [0.3, 0.4) is 0 Å². The summed E-state index contributed by atoms with van der Waals surface area (Å²) in [5.41, 5.74) is 0.844. The largest absolute Gasteiger partial charge is 0.440 e. The van der Waals surface area contributed by atoms with E-state index in [1.165, 1.54) is 23.1 Å². The topological polar surface area (TPSA) is 29.5 Å². The maximum Gasteiger partial charge on any atom is 0.415 e. The van der Waals surface area contributed by atoms with E-state index in [1.807, 2.05) is 18.2 Å². The zero-order valence-corrected chi connectivity index (χ0v) is 22.1. The van der Waals surface area contributed by atoms with Gasteiger partial charge in [0.05, 0.1) is 31.9 Å². The third-order valence-corrected chi connectivity index (χ3v) is 8.75. The zero-order valence-electron chi connectivity index (χ0n) is 20.5. The number of ether oxygens (including phenoxy) is 1. The molecule has 3 aliphatic rings. The normalized spacial score (nSPS) is 22.6. The molecule has 194 valence electrons. The number of carbonyl (C=O) groups is 1. The standard InChI is InChI=1S/C29H30ClF2N2O2S/c30-23-4-3-5-25(18-23)37-17-16-34-14-12-22(13-15-34)28(20-34)36-29(35)33(27-7-2-1-6-26(27)32)19-21-8-10-24(31)11-9-21/h1-11,18,22,28H,12-17,19-20H2/q+1. The van der Waals surface area contributed by atoms with Crippen LogP contribution in [-0.4, -0.2) is 48.6 Å². The minimum Gasteiger partial charge on any atom is -0.440 e. The van der Waals surface area contributed by atoms with Gasteiger partial charge in [0.1, 0.15) is 18.2 Å². The van der Waals surface area contributed by atoms with Gasteiger partial charge < -0.3 is 9.22 Å². The molecule has 0 saturated carbocycles. The molecule has 3 aliphatic heterocycles. The highest BCUT2D eigenvalue weighted by molar-refractivity contribution is 7.99. The molecular formula is C29H30ClF2N2O2S+. The summed E-state index contributed by atoms with van der Waals surface area (Å²) in [6.45, 7) is 4.02. The van der Waals surface area contributed by atoms with E-state index in [2.05, 4.69) is 6.07 Å². The number of rotatable bonds is 8. The average molecular weight is 544 g/mol. The molecule has 0 radical (unpaired) electrons.